The summed E-state index contributed by atoms with van der Waals surface area (Å²) in [6.45, 7) is 2.24. The summed E-state index contributed by atoms with van der Waals surface area (Å²) in [6, 6.07) is 16.9. The summed E-state index contributed by atoms with van der Waals surface area (Å²) in [4.78, 5) is 42.0. The number of amides is 1. The van der Waals surface area contributed by atoms with Crippen LogP contribution in [0.5, 0.6) is 5.75 Å². The molecule has 0 atom stereocenters. The first kappa shape index (κ1) is 29.0. The molecule has 0 aromatic heterocycles. The summed E-state index contributed by atoms with van der Waals surface area (Å²) < 4.78 is 12.7. The van der Waals surface area contributed by atoms with Crippen LogP contribution in [0.1, 0.15) is 28.4 Å². The molecule has 1 aliphatic rings. The van der Waals surface area contributed by atoms with Crippen LogP contribution >= 0.6 is 56.9 Å². The Hall–Kier alpha value is -2.98. The van der Waals surface area contributed by atoms with Crippen LogP contribution in [0.25, 0.3) is 6.08 Å². The monoisotopic (exact) mass is 769 g/mol. The van der Waals surface area contributed by atoms with E-state index in [2.05, 4.69) is 50.2 Å². The predicted molar refractivity (Wildman–Crippen MR) is 167 cm³/mol. The van der Waals surface area contributed by atoms with Gasteiger partial charge in [-0.3, -0.25) is 19.8 Å². The minimum atomic E-state index is -0.434. The van der Waals surface area contributed by atoms with Gasteiger partial charge in [-0.05, 0) is 117 Å². The van der Waals surface area contributed by atoms with Crippen molar-refractivity contribution in [3.63, 3.8) is 0 Å². The molecular formula is C27H21I2N3O6S. The zero-order valence-electron chi connectivity index (χ0n) is 20.7. The van der Waals surface area contributed by atoms with Crippen LogP contribution in [0.3, 0.4) is 0 Å². The minimum Gasteiger partial charge on any atom is -0.487 e. The molecule has 200 valence electrons. The maximum absolute atomic E-state index is 12.9. The molecule has 1 saturated heterocycles. The fourth-order valence-corrected chi connectivity index (χ4v) is 6.63. The van der Waals surface area contributed by atoms with Crippen LogP contribution in [-0.2, 0) is 16.1 Å². The van der Waals surface area contributed by atoms with E-state index in [1.54, 1.807) is 50.4 Å². The highest BCUT2D eigenvalue weighted by atomic mass is 127. The maximum Gasteiger partial charge on any atom is 0.338 e. The molecular weight excluding hydrogens is 748 g/mol. The quantitative estimate of drug-likeness (QED) is 0.0816. The van der Waals surface area contributed by atoms with Crippen molar-refractivity contribution in [3.05, 3.63) is 99.5 Å². The van der Waals surface area contributed by atoms with Crippen LogP contribution in [0.4, 0.5) is 11.4 Å². The second-order valence-electron chi connectivity index (χ2n) is 8.17. The summed E-state index contributed by atoms with van der Waals surface area (Å²) in [5, 5.41) is 11.6. The summed E-state index contributed by atoms with van der Waals surface area (Å²) in [5.74, 6) is 0.105. The normalized spacial score (nSPS) is 15.2. The van der Waals surface area contributed by atoms with E-state index in [1.165, 1.54) is 28.8 Å². The average Bonchev–Trinajstić information content (AvgIpc) is 3.16. The first-order valence-electron chi connectivity index (χ1n) is 11.5. The highest BCUT2D eigenvalue weighted by Gasteiger charge is 2.30. The van der Waals surface area contributed by atoms with Crippen LogP contribution in [-0.4, -0.2) is 40.5 Å². The number of nitrogens with zero attached hydrogens (tertiary/aromatic N) is 3. The molecule has 1 fully saturated rings. The lowest BCUT2D eigenvalue weighted by atomic mass is 10.2. The zero-order chi connectivity index (χ0) is 28.1. The molecule has 0 unspecified atom stereocenters. The van der Waals surface area contributed by atoms with Gasteiger partial charge in [0, 0.05) is 19.2 Å². The van der Waals surface area contributed by atoms with Gasteiger partial charge in [0.2, 0.25) is 0 Å². The number of carbonyl (C=O) groups excluding carboxylic acids is 2. The lowest BCUT2D eigenvalue weighted by Gasteiger charge is -2.12. The topological polar surface area (TPSA) is 111 Å². The van der Waals surface area contributed by atoms with E-state index in [0.29, 0.717) is 39.2 Å². The molecule has 3 aromatic rings. The number of halogens is 2. The third kappa shape index (κ3) is 7.16. The standard InChI is InChI=1S/C27H21I2N3O6S/c1-3-37-26(34)18-7-9-19(10-8-18)30-27-31(2)25(33)23(39-27)14-17-12-21(28)24(22(29)13-17)38-15-16-5-4-6-20(11-16)32(35)36/h4-14H,3,15H2,1-2H3/b23-14-,30-27?. The number of aliphatic imine (C=N–C) groups is 1. The van der Waals surface area contributed by atoms with Crippen molar-refractivity contribution in [2.75, 3.05) is 13.7 Å². The Morgan fingerprint density at radius 2 is 1.82 bits per heavy atom. The lowest BCUT2D eigenvalue weighted by Crippen LogP contribution is -2.23. The number of amidine groups is 1. The number of hydrogen-bond donors (Lipinski definition) is 0. The first-order chi connectivity index (χ1) is 18.7. The van der Waals surface area contributed by atoms with E-state index in [4.69, 9.17) is 9.47 Å². The molecule has 9 nitrogen and oxygen atoms in total. The molecule has 1 heterocycles. The van der Waals surface area contributed by atoms with Gasteiger partial charge in [-0.2, -0.15) is 0 Å². The highest BCUT2D eigenvalue weighted by Crippen LogP contribution is 2.35. The van der Waals surface area contributed by atoms with Crippen LogP contribution in [0.2, 0.25) is 0 Å². The molecule has 0 aliphatic carbocycles. The largest absolute Gasteiger partial charge is 0.487 e. The predicted octanol–water partition coefficient (Wildman–Crippen LogP) is 6.79. The van der Waals surface area contributed by atoms with Crippen molar-refractivity contribution in [1.29, 1.82) is 0 Å². The molecule has 0 spiro atoms. The van der Waals surface area contributed by atoms with Gasteiger partial charge in [0.15, 0.2) is 5.17 Å². The zero-order valence-corrected chi connectivity index (χ0v) is 25.9. The van der Waals surface area contributed by atoms with Gasteiger partial charge >= 0.3 is 5.97 Å². The molecule has 3 aromatic carbocycles. The Morgan fingerprint density at radius 3 is 2.46 bits per heavy atom. The number of likely N-dealkylation sites (N-methyl/N-ethyl adjacent to an activating group) is 1. The van der Waals surface area contributed by atoms with Gasteiger partial charge in [0.25, 0.3) is 11.6 Å². The summed E-state index contributed by atoms with van der Waals surface area (Å²) in [5.41, 5.74) is 2.59. The minimum absolute atomic E-state index is 0.0164. The number of carbonyl (C=O) groups is 2. The SMILES string of the molecule is CCOC(=O)c1ccc(N=C2S/C(=C\c3cc(I)c(OCc4cccc([N+](=O)[O-])c4)c(I)c3)C(=O)N2C)cc1. The summed E-state index contributed by atoms with van der Waals surface area (Å²) in [6.07, 6.45) is 1.81. The molecule has 0 saturated carbocycles. The number of nitro groups is 1. The van der Waals surface area contributed by atoms with Gasteiger partial charge in [-0.25, -0.2) is 9.79 Å². The number of hydrogen-bond acceptors (Lipinski definition) is 8. The highest BCUT2D eigenvalue weighted by molar-refractivity contribution is 14.1. The fourth-order valence-electron chi connectivity index (χ4n) is 3.52. The van der Waals surface area contributed by atoms with Gasteiger partial charge < -0.3 is 9.47 Å². The Bertz CT molecular complexity index is 1480. The van der Waals surface area contributed by atoms with Crippen molar-refractivity contribution in [2.24, 2.45) is 4.99 Å². The van der Waals surface area contributed by atoms with Gasteiger partial charge in [-0.15, -0.1) is 0 Å². The van der Waals surface area contributed by atoms with Crippen molar-refractivity contribution >= 4 is 91.4 Å². The Kier molecular flexibility index (Phi) is 9.61. The van der Waals surface area contributed by atoms with E-state index < -0.39 is 10.9 Å². The number of non-ortho nitro benzene ring substituents is 1. The lowest BCUT2D eigenvalue weighted by molar-refractivity contribution is -0.384. The van der Waals surface area contributed by atoms with E-state index in [0.717, 1.165) is 12.7 Å². The number of benzene rings is 3. The van der Waals surface area contributed by atoms with E-state index in [9.17, 15) is 19.7 Å². The molecule has 1 amide bonds. The Morgan fingerprint density at radius 1 is 1.13 bits per heavy atom. The second kappa shape index (κ2) is 12.9. The van der Waals surface area contributed by atoms with Crippen molar-refractivity contribution < 1.29 is 24.0 Å². The van der Waals surface area contributed by atoms with Crippen LogP contribution in [0.15, 0.2) is 70.6 Å². The Balaban J connectivity index is 1.49. The van der Waals surface area contributed by atoms with Gasteiger partial charge in [0.1, 0.15) is 12.4 Å². The number of nitro benzene ring substituents is 1. The van der Waals surface area contributed by atoms with E-state index in [1.807, 2.05) is 18.2 Å². The van der Waals surface area contributed by atoms with E-state index >= 15 is 0 Å². The number of esters is 1. The smallest absolute Gasteiger partial charge is 0.338 e. The molecule has 12 heteroatoms. The van der Waals surface area contributed by atoms with Gasteiger partial charge in [-0.1, -0.05) is 12.1 Å². The summed E-state index contributed by atoms with van der Waals surface area (Å²) in [7, 11) is 1.67. The summed E-state index contributed by atoms with van der Waals surface area (Å²) >= 11 is 5.61. The number of thioether (sulfide) groups is 1. The molecule has 0 bridgehead atoms. The molecule has 1 aliphatic heterocycles. The van der Waals surface area contributed by atoms with Crippen molar-refractivity contribution in [2.45, 2.75) is 13.5 Å². The third-order valence-corrected chi connectivity index (χ3v) is 8.09. The molecule has 4 rings (SSSR count). The fraction of sp³-hybridized carbons (Fsp3) is 0.148. The van der Waals surface area contributed by atoms with Gasteiger partial charge in [0.05, 0.1) is 34.8 Å². The number of rotatable bonds is 8. The first-order valence-corrected chi connectivity index (χ1v) is 14.5. The second-order valence-corrected chi connectivity index (χ2v) is 11.5. The molecule has 39 heavy (non-hydrogen) atoms. The van der Waals surface area contributed by atoms with Crippen molar-refractivity contribution in [1.82, 2.24) is 4.90 Å². The Labute approximate surface area is 256 Å². The number of ether oxygens (including phenoxy) is 2. The van der Waals surface area contributed by atoms with Crippen LogP contribution in [0, 0.1) is 17.3 Å². The molecule has 0 radical (unpaired) electrons. The maximum atomic E-state index is 12.9. The average molecular weight is 769 g/mol. The van der Waals surface area contributed by atoms with Crippen LogP contribution < -0.4 is 4.74 Å². The third-order valence-electron chi connectivity index (χ3n) is 5.43. The van der Waals surface area contributed by atoms with E-state index in [-0.39, 0.29) is 18.2 Å². The van der Waals surface area contributed by atoms with Crippen molar-refractivity contribution in [3.8, 4) is 5.75 Å². The molecule has 0 N–H and O–H groups in total.